The first-order valence-corrected chi connectivity index (χ1v) is 6.88. The highest BCUT2D eigenvalue weighted by Crippen LogP contribution is 2.29. The topological polar surface area (TPSA) is 56.7 Å². The zero-order valence-electron chi connectivity index (χ0n) is 10.4. The van der Waals surface area contributed by atoms with Crippen molar-refractivity contribution in [3.05, 3.63) is 11.4 Å². The molecule has 1 fully saturated rings. The molecule has 0 radical (unpaired) electrons. The van der Waals surface area contributed by atoms with Crippen molar-refractivity contribution < 1.29 is 0 Å². The van der Waals surface area contributed by atoms with Crippen LogP contribution in [0.15, 0.2) is 0 Å². The van der Waals surface area contributed by atoms with E-state index in [2.05, 4.69) is 21.9 Å². The van der Waals surface area contributed by atoms with Crippen LogP contribution in [-0.2, 0) is 6.42 Å². The van der Waals surface area contributed by atoms with E-state index in [9.17, 15) is 0 Å². The van der Waals surface area contributed by atoms with E-state index in [1.54, 1.807) is 0 Å². The highest BCUT2D eigenvalue weighted by Gasteiger charge is 2.22. The summed E-state index contributed by atoms with van der Waals surface area (Å²) in [5.41, 5.74) is 7.56. The van der Waals surface area contributed by atoms with Crippen LogP contribution < -0.4 is 5.73 Å². The fourth-order valence-electron chi connectivity index (χ4n) is 2.59. The third-order valence-corrected chi connectivity index (χ3v) is 3.63. The van der Waals surface area contributed by atoms with Crippen LogP contribution in [0.3, 0.4) is 0 Å². The smallest absolute Gasteiger partial charge is 0.143 e. The number of hydrogen-bond acceptors (Lipinski definition) is 3. The first-order valence-electron chi connectivity index (χ1n) is 6.48. The summed E-state index contributed by atoms with van der Waals surface area (Å²) in [7, 11) is 0. The van der Waals surface area contributed by atoms with Gasteiger partial charge in [0, 0.05) is 0 Å². The lowest BCUT2D eigenvalue weighted by atomic mass is 9.95. The van der Waals surface area contributed by atoms with Crippen molar-refractivity contribution in [2.75, 3.05) is 0 Å². The second-order valence-electron chi connectivity index (χ2n) is 4.74. The van der Waals surface area contributed by atoms with Gasteiger partial charge in [-0.15, -0.1) is 5.10 Å². The molecule has 5 heteroatoms. The van der Waals surface area contributed by atoms with E-state index < -0.39 is 0 Å². The molecular weight excluding hydrogens is 232 g/mol. The summed E-state index contributed by atoms with van der Waals surface area (Å²) in [6.07, 6.45) is 8.35. The van der Waals surface area contributed by atoms with Crippen molar-refractivity contribution in [3.63, 3.8) is 0 Å². The molecule has 1 aromatic heterocycles. The first-order chi connectivity index (χ1) is 8.24. The van der Waals surface area contributed by atoms with Gasteiger partial charge in [-0.05, 0) is 19.3 Å². The molecule has 1 saturated carbocycles. The minimum Gasteiger partial charge on any atom is -0.388 e. The van der Waals surface area contributed by atoms with E-state index in [4.69, 9.17) is 18.0 Å². The molecule has 0 saturated heterocycles. The Bertz CT molecular complexity index is 393. The number of rotatable bonds is 4. The minimum absolute atomic E-state index is 0.371. The molecule has 1 aromatic rings. The van der Waals surface area contributed by atoms with E-state index in [0.717, 1.165) is 24.2 Å². The molecule has 0 amide bonds. The Labute approximate surface area is 108 Å². The number of aromatic nitrogens is 3. The predicted octanol–water partition coefficient (Wildman–Crippen LogP) is 2.37. The van der Waals surface area contributed by atoms with Crippen LogP contribution in [0, 0.1) is 0 Å². The Morgan fingerprint density at radius 2 is 2.12 bits per heavy atom. The molecule has 0 bridgehead atoms. The lowest BCUT2D eigenvalue weighted by Crippen LogP contribution is -2.19. The molecule has 17 heavy (non-hydrogen) atoms. The molecule has 1 heterocycles. The van der Waals surface area contributed by atoms with Gasteiger partial charge in [0.15, 0.2) is 0 Å². The third kappa shape index (κ3) is 2.65. The summed E-state index contributed by atoms with van der Waals surface area (Å²) in [6, 6.07) is 0.501. The van der Waals surface area contributed by atoms with E-state index in [-0.39, 0.29) is 0 Å². The van der Waals surface area contributed by atoms with Crippen molar-refractivity contribution in [1.29, 1.82) is 0 Å². The fraction of sp³-hybridized carbons (Fsp3) is 0.750. The number of nitrogens with zero attached hydrogens (tertiary/aromatic N) is 3. The van der Waals surface area contributed by atoms with E-state index in [0.29, 0.717) is 11.0 Å². The van der Waals surface area contributed by atoms with Gasteiger partial charge in [0.05, 0.1) is 11.7 Å². The van der Waals surface area contributed by atoms with Gasteiger partial charge in [-0.3, -0.25) is 0 Å². The Morgan fingerprint density at radius 1 is 1.41 bits per heavy atom. The molecule has 2 rings (SSSR count). The molecule has 0 atom stereocenters. The van der Waals surface area contributed by atoms with Gasteiger partial charge in [-0.25, -0.2) is 4.68 Å². The van der Waals surface area contributed by atoms with Gasteiger partial charge in [-0.2, -0.15) is 0 Å². The average molecular weight is 252 g/mol. The van der Waals surface area contributed by atoms with Crippen LogP contribution in [0.2, 0.25) is 0 Å². The van der Waals surface area contributed by atoms with Crippen molar-refractivity contribution in [2.45, 2.75) is 57.9 Å². The number of thiocarbonyl (C=S) groups is 1. The van der Waals surface area contributed by atoms with E-state index >= 15 is 0 Å². The summed E-state index contributed by atoms with van der Waals surface area (Å²) >= 11 is 5.04. The van der Waals surface area contributed by atoms with Gasteiger partial charge in [0.1, 0.15) is 10.7 Å². The molecular formula is C12H20N4S. The van der Waals surface area contributed by atoms with Crippen molar-refractivity contribution in [1.82, 2.24) is 15.0 Å². The summed E-state index contributed by atoms with van der Waals surface area (Å²) in [6.45, 7) is 2.15. The average Bonchev–Trinajstić information content (AvgIpc) is 2.75. The van der Waals surface area contributed by atoms with Crippen LogP contribution in [0.25, 0.3) is 0 Å². The second kappa shape index (κ2) is 5.58. The summed E-state index contributed by atoms with van der Waals surface area (Å²) in [4.78, 5) is 0.371. The fourth-order valence-corrected chi connectivity index (χ4v) is 2.75. The van der Waals surface area contributed by atoms with Gasteiger partial charge < -0.3 is 5.73 Å². The Morgan fingerprint density at radius 3 is 2.71 bits per heavy atom. The zero-order valence-corrected chi connectivity index (χ0v) is 11.2. The van der Waals surface area contributed by atoms with E-state index in [1.807, 2.05) is 0 Å². The van der Waals surface area contributed by atoms with Crippen molar-refractivity contribution >= 4 is 17.2 Å². The molecule has 1 aliphatic rings. The molecule has 94 valence electrons. The third-order valence-electron chi connectivity index (χ3n) is 3.43. The molecule has 0 spiro atoms. The maximum Gasteiger partial charge on any atom is 0.143 e. The summed E-state index contributed by atoms with van der Waals surface area (Å²) in [5.74, 6) is 0. The summed E-state index contributed by atoms with van der Waals surface area (Å²) < 4.78 is 2.08. The zero-order chi connectivity index (χ0) is 12.3. The number of nitrogens with two attached hydrogens (primary N) is 1. The second-order valence-corrected chi connectivity index (χ2v) is 5.18. The van der Waals surface area contributed by atoms with Gasteiger partial charge in [0.2, 0.25) is 0 Å². The molecule has 0 aliphatic heterocycles. The SMILES string of the molecule is CCCc1c(C(N)=S)nnn1C1CCCCC1. The van der Waals surface area contributed by atoms with Gasteiger partial charge in [-0.1, -0.05) is 50.0 Å². The Kier molecular flexibility index (Phi) is 4.10. The Balaban J connectivity index is 2.28. The highest BCUT2D eigenvalue weighted by molar-refractivity contribution is 7.80. The first kappa shape index (κ1) is 12.5. The molecule has 4 nitrogen and oxygen atoms in total. The summed E-state index contributed by atoms with van der Waals surface area (Å²) in [5, 5.41) is 8.44. The van der Waals surface area contributed by atoms with Crippen LogP contribution in [0.4, 0.5) is 0 Å². The predicted molar refractivity (Wildman–Crippen MR) is 72.0 cm³/mol. The van der Waals surface area contributed by atoms with Crippen LogP contribution in [0.1, 0.15) is 62.9 Å². The van der Waals surface area contributed by atoms with Crippen LogP contribution in [-0.4, -0.2) is 20.0 Å². The highest BCUT2D eigenvalue weighted by atomic mass is 32.1. The Hall–Kier alpha value is -0.970. The minimum atomic E-state index is 0.371. The molecule has 1 aliphatic carbocycles. The van der Waals surface area contributed by atoms with E-state index in [1.165, 1.54) is 32.1 Å². The normalized spacial score (nSPS) is 17.2. The maximum atomic E-state index is 5.70. The quantitative estimate of drug-likeness (QED) is 0.836. The van der Waals surface area contributed by atoms with Crippen LogP contribution >= 0.6 is 12.2 Å². The van der Waals surface area contributed by atoms with Gasteiger partial charge in [0.25, 0.3) is 0 Å². The largest absolute Gasteiger partial charge is 0.388 e. The maximum absolute atomic E-state index is 5.70. The number of hydrogen-bond donors (Lipinski definition) is 1. The lowest BCUT2D eigenvalue weighted by molar-refractivity contribution is 0.317. The molecule has 0 aromatic carbocycles. The molecule has 0 unspecified atom stereocenters. The van der Waals surface area contributed by atoms with Crippen LogP contribution in [0.5, 0.6) is 0 Å². The standard InChI is InChI=1S/C12H20N4S/c1-2-6-10-11(12(13)17)14-15-16(10)9-7-4-3-5-8-9/h9H,2-8H2,1H3,(H2,13,17). The van der Waals surface area contributed by atoms with Gasteiger partial charge >= 0.3 is 0 Å². The van der Waals surface area contributed by atoms with Crippen molar-refractivity contribution in [3.8, 4) is 0 Å². The lowest BCUT2D eigenvalue weighted by Gasteiger charge is -2.23. The molecule has 2 N–H and O–H groups in total. The monoisotopic (exact) mass is 252 g/mol. The van der Waals surface area contributed by atoms with Crippen molar-refractivity contribution in [2.24, 2.45) is 5.73 Å².